The average molecular weight is 226 g/mol. The van der Waals surface area contributed by atoms with E-state index in [-0.39, 0.29) is 5.60 Å². The lowest BCUT2D eigenvalue weighted by atomic mass is 10.0. The fraction of sp³-hybridized carbons (Fsp3) is 1.00. The normalized spacial score (nSPS) is 38.2. The average Bonchev–Trinajstić information content (AvgIpc) is 2.61. The van der Waals surface area contributed by atoms with E-state index in [4.69, 9.17) is 4.74 Å². The van der Waals surface area contributed by atoms with Gasteiger partial charge in [0.15, 0.2) is 0 Å². The van der Waals surface area contributed by atoms with Crippen LogP contribution in [-0.2, 0) is 4.74 Å². The number of hydrogen-bond acceptors (Lipinski definition) is 3. The quantitative estimate of drug-likeness (QED) is 0.772. The van der Waals surface area contributed by atoms with Gasteiger partial charge < -0.3 is 15.0 Å². The Hall–Kier alpha value is -0.120. The molecule has 0 aromatic carbocycles. The standard InChI is InChI=1S/C13H26N2O/c1-12-9-14-6-4-7-15(10-12)11-13(2)5-3-8-16-13/h12,14H,3-11H2,1-2H3. The van der Waals surface area contributed by atoms with E-state index in [2.05, 4.69) is 24.1 Å². The topological polar surface area (TPSA) is 24.5 Å². The predicted molar refractivity (Wildman–Crippen MR) is 66.7 cm³/mol. The largest absolute Gasteiger partial charge is 0.374 e. The second-order valence-electron chi connectivity index (χ2n) is 5.80. The monoisotopic (exact) mass is 226 g/mol. The minimum absolute atomic E-state index is 0.131. The molecule has 0 aromatic heterocycles. The molecule has 0 amide bonds. The fourth-order valence-electron chi connectivity index (χ4n) is 2.95. The van der Waals surface area contributed by atoms with Crippen molar-refractivity contribution in [3.63, 3.8) is 0 Å². The Morgan fingerprint density at radius 2 is 2.31 bits per heavy atom. The molecule has 2 saturated heterocycles. The number of nitrogens with one attached hydrogen (secondary N) is 1. The van der Waals surface area contributed by atoms with Gasteiger partial charge >= 0.3 is 0 Å². The summed E-state index contributed by atoms with van der Waals surface area (Å²) in [6.07, 6.45) is 3.74. The van der Waals surface area contributed by atoms with Crippen LogP contribution in [0.1, 0.15) is 33.1 Å². The highest BCUT2D eigenvalue weighted by Gasteiger charge is 2.32. The predicted octanol–water partition coefficient (Wildman–Crippen LogP) is 1.49. The SMILES string of the molecule is CC1CNCCCN(CC2(C)CCCO2)C1. The summed E-state index contributed by atoms with van der Waals surface area (Å²) in [5, 5.41) is 3.50. The van der Waals surface area contributed by atoms with Crippen molar-refractivity contribution >= 4 is 0 Å². The molecule has 0 bridgehead atoms. The molecule has 3 nitrogen and oxygen atoms in total. The fourth-order valence-corrected chi connectivity index (χ4v) is 2.95. The van der Waals surface area contributed by atoms with Crippen molar-refractivity contribution < 1.29 is 4.74 Å². The zero-order valence-electron chi connectivity index (χ0n) is 10.8. The Bertz CT molecular complexity index is 214. The van der Waals surface area contributed by atoms with E-state index in [1.54, 1.807) is 0 Å². The highest BCUT2D eigenvalue weighted by Crippen LogP contribution is 2.26. The van der Waals surface area contributed by atoms with Gasteiger partial charge in [-0.25, -0.2) is 0 Å². The van der Waals surface area contributed by atoms with E-state index < -0.39 is 0 Å². The van der Waals surface area contributed by atoms with E-state index in [0.29, 0.717) is 0 Å². The highest BCUT2D eigenvalue weighted by atomic mass is 16.5. The van der Waals surface area contributed by atoms with Gasteiger partial charge in [0, 0.05) is 19.7 Å². The molecular weight excluding hydrogens is 200 g/mol. The lowest BCUT2D eigenvalue weighted by molar-refractivity contribution is -0.0127. The van der Waals surface area contributed by atoms with Crippen LogP contribution in [0, 0.1) is 5.92 Å². The molecule has 2 aliphatic heterocycles. The molecule has 0 aromatic rings. The summed E-state index contributed by atoms with van der Waals surface area (Å²) in [5.74, 6) is 0.755. The number of hydrogen-bond donors (Lipinski definition) is 1. The van der Waals surface area contributed by atoms with Gasteiger partial charge in [0.1, 0.15) is 0 Å². The number of nitrogens with zero attached hydrogens (tertiary/aromatic N) is 1. The van der Waals surface area contributed by atoms with Crippen molar-refractivity contribution in [2.75, 3.05) is 39.3 Å². The van der Waals surface area contributed by atoms with Gasteiger partial charge in [-0.2, -0.15) is 0 Å². The van der Waals surface area contributed by atoms with Gasteiger partial charge in [-0.15, -0.1) is 0 Å². The second-order valence-corrected chi connectivity index (χ2v) is 5.80. The summed E-state index contributed by atoms with van der Waals surface area (Å²) in [6.45, 7) is 11.5. The Balaban J connectivity index is 1.85. The van der Waals surface area contributed by atoms with Gasteiger partial charge in [0.05, 0.1) is 5.60 Å². The van der Waals surface area contributed by atoms with Crippen LogP contribution in [0.3, 0.4) is 0 Å². The highest BCUT2D eigenvalue weighted by molar-refractivity contribution is 4.85. The summed E-state index contributed by atoms with van der Waals surface area (Å²) < 4.78 is 5.89. The van der Waals surface area contributed by atoms with Crippen LogP contribution >= 0.6 is 0 Å². The van der Waals surface area contributed by atoms with Gasteiger partial charge in [-0.3, -0.25) is 0 Å². The third-order valence-corrected chi connectivity index (χ3v) is 3.75. The Morgan fingerprint density at radius 1 is 1.44 bits per heavy atom. The van der Waals surface area contributed by atoms with Crippen LogP contribution in [0.2, 0.25) is 0 Å². The van der Waals surface area contributed by atoms with E-state index in [1.807, 2.05) is 0 Å². The first-order valence-electron chi connectivity index (χ1n) is 6.75. The van der Waals surface area contributed by atoms with Crippen LogP contribution in [0.4, 0.5) is 0 Å². The summed E-state index contributed by atoms with van der Waals surface area (Å²) in [5.41, 5.74) is 0.131. The molecule has 0 aliphatic carbocycles. The molecule has 0 spiro atoms. The van der Waals surface area contributed by atoms with Crippen LogP contribution in [0.5, 0.6) is 0 Å². The maximum Gasteiger partial charge on any atom is 0.0781 e. The van der Waals surface area contributed by atoms with Crippen molar-refractivity contribution in [1.29, 1.82) is 0 Å². The zero-order valence-corrected chi connectivity index (χ0v) is 10.8. The van der Waals surface area contributed by atoms with Crippen molar-refractivity contribution in [2.24, 2.45) is 5.92 Å². The number of ether oxygens (including phenoxy) is 1. The molecule has 16 heavy (non-hydrogen) atoms. The molecule has 2 aliphatic rings. The molecule has 2 rings (SSSR count). The first-order chi connectivity index (χ1) is 7.68. The maximum atomic E-state index is 5.89. The summed E-state index contributed by atoms with van der Waals surface area (Å²) in [7, 11) is 0. The Kier molecular flexibility index (Phi) is 4.22. The van der Waals surface area contributed by atoms with Crippen LogP contribution < -0.4 is 5.32 Å². The van der Waals surface area contributed by atoms with Crippen LogP contribution in [0.25, 0.3) is 0 Å². The Morgan fingerprint density at radius 3 is 3.06 bits per heavy atom. The van der Waals surface area contributed by atoms with Gasteiger partial charge in [0.2, 0.25) is 0 Å². The molecule has 0 radical (unpaired) electrons. The van der Waals surface area contributed by atoms with Gasteiger partial charge in [-0.1, -0.05) is 6.92 Å². The smallest absolute Gasteiger partial charge is 0.0781 e. The maximum absolute atomic E-state index is 5.89. The molecule has 3 heteroatoms. The van der Waals surface area contributed by atoms with Crippen molar-refractivity contribution in [2.45, 2.75) is 38.7 Å². The zero-order chi connectivity index (χ0) is 11.4. The first kappa shape index (κ1) is 12.3. The molecule has 2 atom stereocenters. The van der Waals surface area contributed by atoms with Crippen molar-refractivity contribution in [3.05, 3.63) is 0 Å². The van der Waals surface area contributed by atoms with Crippen LogP contribution in [-0.4, -0.2) is 49.8 Å². The molecular formula is C13H26N2O. The van der Waals surface area contributed by atoms with Gasteiger partial charge in [0.25, 0.3) is 0 Å². The lowest BCUT2D eigenvalue weighted by Gasteiger charge is -2.34. The summed E-state index contributed by atoms with van der Waals surface area (Å²) in [6, 6.07) is 0. The van der Waals surface area contributed by atoms with E-state index in [1.165, 1.54) is 38.9 Å². The summed E-state index contributed by atoms with van der Waals surface area (Å²) >= 11 is 0. The molecule has 2 heterocycles. The van der Waals surface area contributed by atoms with E-state index in [0.717, 1.165) is 25.6 Å². The van der Waals surface area contributed by atoms with E-state index >= 15 is 0 Å². The molecule has 1 N–H and O–H groups in total. The minimum atomic E-state index is 0.131. The lowest BCUT2D eigenvalue weighted by Crippen LogP contribution is -2.45. The Labute approximate surface area is 99.5 Å². The minimum Gasteiger partial charge on any atom is -0.374 e. The van der Waals surface area contributed by atoms with E-state index in [9.17, 15) is 0 Å². The van der Waals surface area contributed by atoms with Crippen molar-refractivity contribution in [3.8, 4) is 0 Å². The second kappa shape index (κ2) is 5.48. The molecule has 2 fully saturated rings. The first-order valence-corrected chi connectivity index (χ1v) is 6.75. The molecule has 94 valence electrons. The third-order valence-electron chi connectivity index (χ3n) is 3.75. The third kappa shape index (κ3) is 3.44. The molecule has 0 saturated carbocycles. The van der Waals surface area contributed by atoms with Crippen LogP contribution in [0.15, 0.2) is 0 Å². The summed E-state index contributed by atoms with van der Waals surface area (Å²) in [4.78, 5) is 2.61. The van der Waals surface area contributed by atoms with Crippen molar-refractivity contribution in [1.82, 2.24) is 10.2 Å². The van der Waals surface area contributed by atoms with Gasteiger partial charge in [-0.05, 0) is 51.7 Å². The molecule has 2 unspecified atom stereocenters. The number of rotatable bonds is 2.